The molecule has 1 aromatic rings. The summed E-state index contributed by atoms with van der Waals surface area (Å²) < 4.78 is 1.81. The first-order valence-corrected chi connectivity index (χ1v) is 6.45. The molecule has 0 radical (unpaired) electrons. The standard InChI is InChI=1S/C13H16N4O2/c1-8-14-13-15-10(12(18)19)7-11(17(13)16-8)9-5-3-2-4-6-9/h2-3,7,9,11H,4-6H2,1H3,(H,18,19)(H,14,15,16). The van der Waals surface area contributed by atoms with Crippen LogP contribution in [0.15, 0.2) is 23.9 Å². The summed E-state index contributed by atoms with van der Waals surface area (Å²) in [6.07, 6.45) is 9.12. The lowest BCUT2D eigenvalue weighted by Crippen LogP contribution is -2.28. The van der Waals surface area contributed by atoms with Crippen LogP contribution in [0.3, 0.4) is 0 Å². The predicted octanol–water partition coefficient (Wildman–Crippen LogP) is 1.88. The van der Waals surface area contributed by atoms with Crippen molar-refractivity contribution in [1.29, 1.82) is 0 Å². The minimum atomic E-state index is -0.955. The molecular weight excluding hydrogens is 244 g/mol. The number of carboxylic acids is 1. The summed E-state index contributed by atoms with van der Waals surface area (Å²) in [4.78, 5) is 15.4. The highest BCUT2D eigenvalue weighted by molar-refractivity contribution is 5.90. The third-order valence-electron chi connectivity index (χ3n) is 3.63. The number of carbonyl (C=O) groups is 1. The molecule has 2 aliphatic rings. The van der Waals surface area contributed by atoms with Gasteiger partial charge in [0, 0.05) is 0 Å². The zero-order chi connectivity index (χ0) is 13.4. The zero-order valence-corrected chi connectivity index (χ0v) is 10.7. The van der Waals surface area contributed by atoms with E-state index in [9.17, 15) is 9.90 Å². The number of aryl methyl sites for hydroxylation is 1. The van der Waals surface area contributed by atoms with Crippen molar-refractivity contribution < 1.29 is 9.90 Å². The van der Waals surface area contributed by atoms with Crippen LogP contribution in [-0.2, 0) is 4.79 Å². The molecule has 0 saturated carbocycles. The number of carboxylic acid groups (broad SMARTS) is 1. The van der Waals surface area contributed by atoms with Crippen molar-refractivity contribution >= 4 is 11.9 Å². The Morgan fingerprint density at radius 1 is 1.53 bits per heavy atom. The van der Waals surface area contributed by atoms with Crippen LogP contribution in [0.2, 0.25) is 0 Å². The third kappa shape index (κ3) is 2.14. The van der Waals surface area contributed by atoms with E-state index in [2.05, 4.69) is 27.6 Å². The van der Waals surface area contributed by atoms with Crippen molar-refractivity contribution in [2.75, 3.05) is 5.32 Å². The first kappa shape index (κ1) is 12.0. The van der Waals surface area contributed by atoms with E-state index in [-0.39, 0.29) is 11.7 Å². The van der Waals surface area contributed by atoms with Crippen LogP contribution in [0, 0.1) is 12.8 Å². The van der Waals surface area contributed by atoms with Gasteiger partial charge in [-0.3, -0.25) is 0 Å². The SMILES string of the molecule is Cc1nc2n(n1)C(C1CC=CCC1)C=C(C(=O)O)N2. The van der Waals surface area contributed by atoms with Crippen LogP contribution in [0.1, 0.15) is 31.1 Å². The van der Waals surface area contributed by atoms with Gasteiger partial charge in [0.05, 0.1) is 6.04 Å². The first-order valence-electron chi connectivity index (χ1n) is 6.45. The number of aliphatic carboxylic acids is 1. The molecule has 19 heavy (non-hydrogen) atoms. The number of anilines is 1. The highest BCUT2D eigenvalue weighted by Gasteiger charge is 2.30. The Balaban J connectivity index is 1.99. The molecule has 2 atom stereocenters. The van der Waals surface area contributed by atoms with Crippen LogP contribution >= 0.6 is 0 Å². The Morgan fingerprint density at radius 2 is 2.37 bits per heavy atom. The van der Waals surface area contributed by atoms with Gasteiger partial charge in [-0.05, 0) is 38.2 Å². The van der Waals surface area contributed by atoms with Gasteiger partial charge in [0.25, 0.3) is 0 Å². The van der Waals surface area contributed by atoms with Crippen molar-refractivity contribution in [1.82, 2.24) is 14.8 Å². The number of hydrogen-bond acceptors (Lipinski definition) is 4. The summed E-state index contributed by atoms with van der Waals surface area (Å²) in [7, 11) is 0. The number of fused-ring (bicyclic) bond motifs is 1. The minimum absolute atomic E-state index is 0.0338. The lowest BCUT2D eigenvalue weighted by atomic mass is 9.87. The maximum Gasteiger partial charge on any atom is 0.352 e. The molecule has 3 rings (SSSR count). The summed E-state index contributed by atoms with van der Waals surface area (Å²) in [5, 5.41) is 16.4. The van der Waals surface area contributed by atoms with Gasteiger partial charge in [-0.25, -0.2) is 9.48 Å². The Hall–Kier alpha value is -2.11. The lowest BCUT2D eigenvalue weighted by Gasteiger charge is -2.29. The number of nitrogens with one attached hydrogen (secondary N) is 1. The van der Waals surface area contributed by atoms with Crippen molar-refractivity contribution in [2.45, 2.75) is 32.2 Å². The van der Waals surface area contributed by atoms with Crippen molar-refractivity contribution in [2.24, 2.45) is 5.92 Å². The third-order valence-corrected chi connectivity index (χ3v) is 3.63. The first-order chi connectivity index (χ1) is 9.15. The second-order valence-corrected chi connectivity index (χ2v) is 4.97. The van der Waals surface area contributed by atoms with Crippen LogP contribution in [0.4, 0.5) is 5.95 Å². The molecule has 6 nitrogen and oxygen atoms in total. The van der Waals surface area contributed by atoms with Crippen molar-refractivity contribution in [3.8, 4) is 0 Å². The molecular formula is C13H16N4O2. The number of hydrogen-bond donors (Lipinski definition) is 2. The molecule has 2 N–H and O–H groups in total. The average Bonchev–Trinajstić information content (AvgIpc) is 2.78. The quantitative estimate of drug-likeness (QED) is 0.793. The maximum atomic E-state index is 11.2. The fourth-order valence-electron chi connectivity index (χ4n) is 2.71. The van der Waals surface area contributed by atoms with Crippen LogP contribution in [-0.4, -0.2) is 25.8 Å². The average molecular weight is 260 g/mol. The molecule has 0 amide bonds. The molecule has 1 aliphatic carbocycles. The summed E-state index contributed by atoms with van der Waals surface area (Å²) in [6, 6.07) is -0.0338. The number of aromatic nitrogens is 3. The normalized spacial score (nSPS) is 25.4. The van der Waals surface area contributed by atoms with Gasteiger partial charge >= 0.3 is 5.97 Å². The predicted molar refractivity (Wildman–Crippen MR) is 69.6 cm³/mol. The van der Waals surface area contributed by atoms with E-state index >= 15 is 0 Å². The summed E-state index contributed by atoms with van der Waals surface area (Å²) in [5.74, 6) is 0.598. The van der Waals surface area contributed by atoms with Gasteiger partial charge < -0.3 is 10.4 Å². The maximum absolute atomic E-state index is 11.2. The van der Waals surface area contributed by atoms with Crippen LogP contribution in [0.5, 0.6) is 0 Å². The van der Waals surface area contributed by atoms with Gasteiger partial charge in [0.1, 0.15) is 11.5 Å². The zero-order valence-electron chi connectivity index (χ0n) is 10.7. The van der Waals surface area contributed by atoms with Crippen molar-refractivity contribution in [3.63, 3.8) is 0 Å². The van der Waals surface area contributed by atoms with Gasteiger partial charge in [0.15, 0.2) is 0 Å². The van der Waals surface area contributed by atoms with E-state index in [1.165, 1.54) is 0 Å². The fourth-order valence-corrected chi connectivity index (χ4v) is 2.71. The monoisotopic (exact) mass is 260 g/mol. The smallest absolute Gasteiger partial charge is 0.352 e. The Labute approximate surface area is 110 Å². The molecule has 6 heteroatoms. The molecule has 1 aromatic heterocycles. The van der Waals surface area contributed by atoms with E-state index < -0.39 is 5.97 Å². The lowest BCUT2D eigenvalue weighted by molar-refractivity contribution is -0.132. The highest BCUT2D eigenvalue weighted by Crippen LogP contribution is 2.35. The number of allylic oxidation sites excluding steroid dienone is 3. The van der Waals surface area contributed by atoms with E-state index in [1.54, 1.807) is 6.08 Å². The summed E-state index contributed by atoms with van der Waals surface area (Å²) in [6.45, 7) is 1.81. The molecule has 0 aromatic carbocycles. The second kappa shape index (κ2) is 4.53. The fraction of sp³-hybridized carbons (Fsp3) is 0.462. The molecule has 100 valence electrons. The second-order valence-electron chi connectivity index (χ2n) is 4.97. The number of rotatable bonds is 2. The summed E-state index contributed by atoms with van der Waals surface area (Å²) in [5.41, 5.74) is 0.194. The van der Waals surface area contributed by atoms with E-state index in [0.29, 0.717) is 17.7 Å². The molecule has 2 unspecified atom stereocenters. The van der Waals surface area contributed by atoms with E-state index in [0.717, 1.165) is 19.3 Å². The molecule has 0 spiro atoms. The molecule has 0 fully saturated rings. The Morgan fingerprint density at radius 3 is 3.05 bits per heavy atom. The van der Waals surface area contributed by atoms with Crippen LogP contribution in [0.25, 0.3) is 0 Å². The largest absolute Gasteiger partial charge is 0.477 e. The topological polar surface area (TPSA) is 80.0 Å². The molecule has 0 saturated heterocycles. The van der Waals surface area contributed by atoms with Crippen molar-refractivity contribution in [3.05, 3.63) is 29.7 Å². The highest BCUT2D eigenvalue weighted by atomic mass is 16.4. The van der Waals surface area contributed by atoms with Gasteiger partial charge in [-0.2, -0.15) is 10.1 Å². The van der Waals surface area contributed by atoms with Gasteiger partial charge in [-0.1, -0.05) is 12.2 Å². The van der Waals surface area contributed by atoms with Gasteiger partial charge in [-0.15, -0.1) is 0 Å². The van der Waals surface area contributed by atoms with E-state index in [1.807, 2.05) is 11.6 Å². The van der Waals surface area contributed by atoms with Crippen LogP contribution < -0.4 is 5.32 Å². The van der Waals surface area contributed by atoms with Gasteiger partial charge in [0.2, 0.25) is 5.95 Å². The number of nitrogens with zero attached hydrogens (tertiary/aromatic N) is 3. The van der Waals surface area contributed by atoms with E-state index in [4.69, 9.17) is 0 Å². The molecule has 1 aliphatic heterocycles. The Kier molecular flexibility index (Phi) is 2.85. The molecule has 0 bridgehead atoms. The minimum Gasteiger partial charge on any atom is -0.477 e. The Bertz CT molecular complexity index is 573. The molecule has 2 heterocycles. The summed E-state index contributed by atoms with van der Waals surface area (Å²) >= 11 is 0.